The van der Waals surface area contributed by atoms with Gasteiger partial charge in [0.25, 0.3) is 5.91 Å². The number of ether oxygens (including phenoxy) is 2. The van der Waals surface area contributed by atoms with Gasteiger partial charge in [0.2, 0.25) is 0 Å². The highest BCUT2D eigenvalue weighted by atomic mass is 32.2. The molecule has 1 heterocycles. The molecule has 0 atom stereocenters. The molecule has 0 aliphatic heterocycles. The Balaban J connectivity index is 1.19. The summed E-state index contributed by atoms with van der Waals surface area (Å²) in [5.74, 6) is 2.10. The van der Waals surface area contributed by atoms with Crippen molar-refractivity contribution >= 4 is 23.9 Å². The third kappa shape index (κ3) is 7.61. The lowest BCUT2D eigenvalue weighted by Gasteiger charge is -2.11. The highest BCUT2D eigenvalue weighted by molar-refractivity contribution is 7.99. The summed E-state index contributed by atoms with van der Waals surface area (Å²) in [7, 11) is 0. The van der Waals surface area contributed by atoms with Crippen molar-refractivity contribution in [2.75, 3.05) is 12.4 Å². The Labute approximate surface area is 243 Å². The summed E-state index contributed by atoms with van der Waals surface area (Å²) in [5.41, 5.74) is 6.32. The lowest BCUT2D eigenvalue weighted by Crippen LogP contribution is -2.20. The van der Waals surface area contributed by atoms with Crippen LogP contribution in [0.15, 0.2) is 119 Å². The standard InChI is InChI=1S/C32H29N5O3S/c1-2-39-28-19-15-27(16-20-28)37-31(26-11-7-4-8-12-26)35-36-32(37)41-23-30(38)34-33-21-24-13-17-29(18-14-24)40-22-25-9-5-3-6-10-25/h3-21H,2,22-23H2,1H3,(H,34,38)/b33-21-. The molecule has 5 aromatic rings. The third-order valence-electron chi connectivity index (χ3n) is 5.93. The number of amides is 1. The van der Waals surface area contributed by atoms with Crippen LogP contribution >= 0.6 is 11.8 Å². The molecule has 0 aliphatic carbocycles. The molecule has 1 N–H and O–H groups in total. The van der Waals surface area contributed by atoms with E-state index in [-0.39, 0.29) is 11.7 Å². The molecule has 0 saturated carbocycles. The van der Waals surface area contributed by atoms with E-state index in [2.05, 4.69) is 20.7 Å². The number of nitrogens with one attached hydrogen (secondary N) is 1. The molecule has 8 nitrogen and oxygen atoms in total. The number of benzene rings is 4. The van der Waals surface area contributed by atoms with Gasteiger partial charge in [0, 0.05) is 11.3 Å². The summed E-state index contributed by atoms with van der Waals surface area (Å²) in [6.45, 7) is 3.04. The van der Waals surface area contributed by atoms with Gasteiger partial charge in [0.1, 0.15) is 18.1 Å². The van der Waals surface area contributed by atoms with E-state index in [0.717, 1.165) is 33.9 Å². The Kier molecular flexibility index (Phi) is 9.42. The van der Waals surface area contributed by atoms with Crippen LogP contribution in [-0.2, 0) is 11.4 Å². The van der Waals surface area contributed by atoms with Crippen LogP contribution in [0.4, 0.5) is 0 Å². The van der Waals surface area contributed by atoms with Crippen molar-refractivity contribution in [1.82, 2.24) is 20.2 Å². The molecule has 0 bridgehead atoms. The average molecular weight is 564 g/mol. The van der Waals surface area contributed by atoms with Gasteiger partial charge in [-0.2, -0.15) is 5.10 Å². The quantitative estimate of drug-likeness (QED) is 0.111. The van der Waals surface area contributed by atoms with Crippen LogP contribution < -0.4 is 14.9 Å². The van der Waals surface area contributed by atoms with Crippen LogP contribution in [0.3, 0.4) is 0 Å². The second kappa shape index (κ2) is 14.0. The minimum Gasteiger partial charge on any atom is -0.494 e. The molecule has 206 valence electrons. The fourth-order valence-electron chi connectivity index (χ4n) is 3.96. The van der Waals surface area contributed by atoms with Crippen LogP contribution in [0, 0.1) is 0 Å². The van der Waals surface area contributed by atoms with Crippen molar-refractivity contribution in [1.29, 1.82) is 0 Å². The number of carbonyl (C=O) groups excluding carboxylic acids is 1. The zero-order valence-electron chi connectivity index (χ0n) is 22.5. The minimum absolute atomic E-state index is 0.119. The fraction of sp³-hybridized carbons (Fsp3) is 0.125. The average Bonchev–Trinajstić information content (AvgIpc) is 3.45. The normalized spacial score (nSPS) is 11.0. The molecule has 5 rings (SSSR count). The molecule has 41 heavy (non-hydrogen) atoms. The maximum absolute atomic E-state index is 12.6. The van der Waals surface area contributed by atoms with Gasteiger partial charge in [-0.15, -0.1) is 10.2 Å². The van der Waals surface area contributed by atoms with Crippen molar-refractivity contribution in [2.45, 2.75) is 18.7 Å². The fourth-order valence-corrected chi connectivity index (χ4v) is 4.70. The molecule has 0 radical (unpaired) electrons. The molecule has 1 amide bonds. The number of nitrogens with zero attached hydrogens (tertiary/aromatic N) is 4. The van der Waals surface area contributed by atoms with Crippen molar-refractivity contribution in [2.24, 2.45) is 5.10 Å². The predicted molar refractivity (Wildman–Crippen MR) is 162 cm³/mol. The first-order valence-electron chi connectivity index (χ1n) is 13.1. The van der Waals surface area contributed by atoms with Crippen LogP contribution in [0.1, 0.15) is 18.1 Å². The van der Waals surface area contributed by atoms with Gasteiger partial charge < -0.3 is 9.47 Å². The summed E-state index contributed by atoms with van der Waals surface area (Å²) < 4.78 is 13.3. The van der Waals surface area contributed by atoms with E-state index < -0.39 is 0 Å². The molecule has 0 saturated heterocycles. The number of aromatic nitrogens is 3. The van der Waals surface area contributed by atoms with Crippen LogP contribution in [-0.4, -0.2) is 39.2 Å². The van der Waals surface area contributed by atoms with Crippen molar-refractivity contribution in [3.05, 3.63) is 120 Å². The predicted octanol–water partition coefficient (Wildman–Crippen LogP) is 6.15. The Bertz CT molecular complexity index is 1570. The first-order valence-corrected chi connectivity index (χ1v) is 14.1. The van der Waals surface area contributed by atoms with Crippen LogP contribution in [0.5, 0.6) is 11.5 Å². The van der Waals surface area contributed by atoms with Crippen molar-refractivity contribution < 1.29 is 14.3 Å². The number of hydrogen-bond acceptors (Lipinski definition) is 7. The summed E-state index contributed by atoms with van der Waals surface area (Å²) in [4.78, 5) is 12.6. The van der Waals surface area contributed by atoms with Gasteiger partial charge in [-0.1, -0.05) is 72.4 Å². The first-order chi connectivity index (χ1) is 20.2. The first kappa shape index (κ1) is 27.7. The Morgan fingerprint density at radius 3 is 2.22 bits per heavy atom. The maximum Gasteiger partial charge on any atom is 0.250 e. The van der Waals surface area contributed by atoms with Gasteiger partial charge in [-0.05, 0) is 66.6 Å². The Morgan fingerprint density at radius 2 is 1.51 bits per heavy atom. The lowest BCUT2D eigenvalue weighted by molar-refractivity contribution is -0.118. The number of thioether (sulfide) groups is 1. The van der Waals surface area contributed by atoms with E-state index >= 15 is 0 Å². The van der Waals surface area contributed by atoms with Crippen molar-refractivity contribution in [3.63, 3.8) is 0 Å². The molecule has 0 fully saturated rings. The summed E-state index contributed by atoms with van der Waals surface area (Å²) >= 11 is 1.29. The smallest absolute Gasteiger partial charge is 0.250 e. The van der Waals surface area contributed by atoms with E-state index in [4.69, 9.17) is 9.47 Å². The van der Waals surface area contributed by atoms with E-state index in [0.29, 0.717) is 24.2 Å². The molecule has 0 spiro atoms. The molecular formula is C32H29N5O3S. The topological polar surface area (TPSA) is 90.6 Å². The zero-order chi connectivity index (χ0) is 28.3. The van der Waals surface area contributed by atoms with Crippen LogP contribution in [0.2, 0.25) is 0 Å². The number of hydrogen-bond donors (Lipinski definition) is 1. The minimum atomic E-state index is -0.253. The Morgan fingerprint density at radius 1 is 0.854 bits per heavy atom. The molecule has 4 aromatic carbocycles. The van der Waals surface area contributed by atoms with Gasteiger partial charge >= 0.3 is 0 Å². The van der Waals surface area contributed by atoms with Gasteiger partial charge in [-0.25, -0.2) is 5.43 Å². The van der Waals surface area contributed by atoms with Gasteiger partial charge in [0.05, 0.1) is 18.6 Å². The second-order valence-electron chi connectivity index (χ2n) is 8.86. The van der Waals surface area contributed by atoms with E-state index in [1.54, 1.807) is 6.21 Å². The molecule has 9 heteroatoms. The van der Waals surface area contributed by atoms with E-state index in [1.807, 2.05) is 121 Å². The van der Waals surface area contributed by atoms with Crippen molar-refractivity contribution in [3.8, 4) is 28.6 Å². The third-order valence-corrected chi connectivity index (χ3v) is 6.86. The van der Waals surface area contributed by atoms with Crippen LogP contribution in [0.25, 0.3) is 17.1 Å². The number of carbonyl (C=O) groups is 1. The highest BCUT2D eigenvalue weighted by Gasteiger charge is 2.17. The second-order valence-corrected chi connectivity index (χ2v) is 9.80. The molecule has 0 unspecified atom stereocenters. The summed E-state index contributed by atoms with van der Waals surface area (Å²) in [5, 5.41) is 13.5. The van der Waals surface area contributed by atoms with E-state index in [1.165, 1.54) is 11.8 Å². The lowest BCUT2D eigenvalue weighted by atomic mass is 10.2. The highest BCUT2D eigenvalue weighted by Crippen LogP contribution is 2.28. The van der Waals surface area contributed by atoms with Gasteiger partial charge in [0.15, 0.2) is 11.0 Å². The SMILES string of the molecule is CCOc1ccc(-n2c(SCC(=O)N/N=C\c3ccc(OCc4ccccc4)cc3)nnc2-c2ccccc2)cc1. The Hall–Kier alpha value is -4.89. The summed E-state index contributed by atoms with van der Waals surface area (Å²) in [6, 6.07) is 35.1. The van der Waals surface area contributed by atoms with Gasteiger partial charge in [-0.3, -0.25) is 9.36 Å². The maximum atomic E-state index is 12.6. The molecular weight excluding hydrogens is 534 g/mol. The zero-order valence-corrected chi connectivity index (χ0v) is 23.3. The number of hydrazone groups is 1. The molecule has 1 aromatic heterocycles. The monoisotopic (exact) mass is 563 g/mol. The number of rotatable bonds is 12. The molecule has 0 aliphatic rings. The van der Waals surface area contributed by atoms with E-state index in [9.17, 15) is 4.79 Å². The summed E-state index contributed by atoms with van der Waals surface area (Å²) in [6.07, 6.45) is 1.60. The largest absolute Gasteiger partial charge is 0.494 e.